The van der Waals surface area contributed by atoms with E-state index in [1.54, 1.807) is 0 Å². The molecular formula is C7H13N. The van der Waals surface area contributed by atoms with E-state index in [9.17, 15) is 0 Å². The lowest BCUT2D eigenvalue weighted by molar-refractivity contribution is -0.0436. The van der Waals surface area contributed by atoms with E-state index in [-0.39, 0.29) is 6.40 Å². The fourth-order valence-corrected chi connectivity index (χ4v) is 1.91. The van der Waals surface area contributed by atoms with E-state index in [4.69, 9.17) is 1.37 Å². The van der Waals surface area contributed by atoms with E-state index in [0.29, 0.717) is 5.41 Å². The molecule has 2 fully saturated rings. The standard InChI is InChI=1S/C7H13N/c1-8-5-7(6-8)3-2-4-7/h2-6H2,1H3/i2D. The first-order valence-corrected chi connectivity index (χ1v) is 3.31. The fourth-order valence-electron chi connectivity index (χ4n) is 1.91. The summed E-state index contributed by atoms with van der Waals surface area (Å²) < 4.78 is 7.35. The lowest BCUT2D eigenvalue weighted by Crippen LogP contribution is -2.57. The van der Waals surface area contributed by atoms with E-state index in [2.05, 4.69) is 11.9 Å². The van der Waals surface area contributed by atoms with Gasteiger partial charge in [0.15, 0.2) is 0 Å². The smallest absolute Gasteiger partial charge is 0.0267 e. The second kappa shape index (κ2) is 1.27. The third-order valence-corrected chi connectivity index (χ3v) is 2.37. The van der Waals surface area contributed by atoms with Gasteiger partial charge in [-0.15, -0.1) is 0 Å². The Kier molecular flexibility index (Phi) is 0.616. The van der Waals surface area contributed by atoms with Crippen LogP contribution in [0.4, 0.5) is 0 Å². The molecule has 0 atom stereocenters. The molecule has 1 aliphatic heterocycles. The van der Waals surface area contributed by atoms with E-state index in [1.807, 2.05) is 0 Å². The van der Waals surface area contributed by atoms with Crippen molar-refractivity contribution in [2.75, 3.05) is 20.1 Å². The first kappa shape index (κ1) is 3.89. The Morgan fingerprint density at radius 2 is 2.12 bits per heavy atom. The van der Waals surface area contributed by atoms with Crippen LogP contribution in [0.3, 0.4) is 0 Å². The summed E-state index contributed by atoms with van der Waals surface area (Å²) in [6, 6.07) is 0. The second-order valence-corrected chi connectivity index (χ2v) is 3.37. The summed E-state index contributed by atoms with van der Waals surface area (Å²) in [6.45, 7) is 2.50. The molecule has 1 heteroatoms. The summed E-state index contributed by atoms with van der Waals surface area (Å²) >= 11 is 0. The Bertz CT molecular complexity index is 103. The fraction of sp³-hybridized carbons (Fsp3) is 1.00. The first-order chi connectivity index (χ1) is 4.20. The molecule has 2 aliphatic rings. The minimum Gasteiger partial charge on any atom is -0.305 e. The maximum Gasteiger partial charge on any atom is 0.0267 e. The Morgan fingerprint density at radius 3 is 2.50 bits per heavy atom. The SMILES string of the molecule is [2H]C1CC2(C1)CN(C)C2. The van der Waals surface area contributed by atoms with Gasteiger partial charge in [-0.3, -0.25) is 0 Å². The van der Waals surface area contributed by atoms with Crippen LogP contribution in [0, 0.1) is 5.41 Å². The van der Waals surface area contributed by atoms with Gasteiger partial charge in [-0.05, 0) is 25.3 Å². The van der Waals surface area contributed by atoms with Gasteiger partial charge in [-0.2, -0.15) is 0 Å². The first-order valence-electron chi connectivity index (χ1n) is 3.89. The molecule has 0 amide bonds. The average Bonchev–Trinajstić information content (AvgIpc) is 1.58. The van der Waals surface area contributed by atoms with Crippen molar-refractivity contribution in [1.29, 1.82) is 0 Å². The number of likely N-dealkylation sites (tertiary alicyclic amines) is 1. The largest absolute Gasteiger partial charge is 0.305 e. The molecule has 2 rings (SSSR count). The number of rotatable bonds is 0. The molecule has 0 bridgehead atoms. The van der Waals surface area contributed by atoms with Crippen LogP contribution in [0.15, 0.2) is 0 Å². The third kappa shape index (κ3) is 0.455. The highest BCUT2D eigenvalue weighted by Gasteiger charge is 2.45. The number of hydrogen-bond acceptors (Lipinski definition) is 1. The van der Waals surface area contributed by atoms with Crippen LogP contribution in [0.2, 0.25) is 0 Å². The summed E-state index contributed by atoms with van der Waals surface area (Å²) in [5.74, 6) is 0. The zero-order valence-electron chi connectivity index (χ0n) is 6.35. The van der Waals surface area contributed by atoms with Crippen molar-refractivity contribution >= 4 is 0 Å². The Labute approximate surface area is 52.1 Å². The topological polar surface area (TPSA) is 3.24 Å². The Balaban J connectivity index is 1.87. The lowest BCUT2D eigenvalue weighted by atomic mass is 9.64. The number of nitrogens with zero attached hydrogens (tertiary/aromatic N) is 1. The summed E-state index contributed by atoms with van der Waals surface area (Å²) in [4.78, 5) is 2.34. The summed E-state index contributed by atoms with van der Waals surface area (Å²) in [5.41, 5.74) is 0.626. The zero-order chi connectivity index (χ0) is 6.48. The van der Waals surface area contributed by atoms with Gasteiger partial charge in [0.2, 0.25) is 0 Å². The van der Waals surface area contributed by atoms with Crippen molar-refractivity contribution in [3.05, 3.63) is 0 Å². The van der Waals surface area contributed by atoms with Crippen molar-refractivity contribution in [1.82, 2.24) is 4.90 Å². The van der Waals surface area contributed by atoms with Crippen LogP contribution in [0.1, 0.15) is 20.6 Å². The van der Waals surface area contributed by atoms with Gasteiger partial charge >= 0.3 is 0 Å². The van der Waals surface area contributed by atoms with Crippen LogP contribution >= 0.6 is 0 Å². The molecular weight excluding hydrogens is 98.1 g/mol. The molecule has 8 heavy (non-hydrogen) atoms. The molecule has 0 radical (unpaired) electrons. The zero-order valence-corrected chi connectivity index (χ0v) is 5.35. The molecule has 0 aromatic rings. The summed E-state index contributed by atoms with van der Waals surface area (Å²) in [7, 11) is 2.16. The van der Waals surface area contributed by atoms with E-state index < -0.39 is 0 Å². The van der Waals surface area contributed by atoms with Gasteiger partial charge in [0.1, 0.15) is 0 Å². The molecule has 1 nitrogen and oxygen atoms in total. The minimum atomic E-state index is 0.277. The molecule has 1 saturated carbocycles. The lowest BCUT2D eigenvalue weighted by Gasteiger charge is -2.54. The number of hydrogen-bond donors (Lipinski definition) is 0. The Hall–Kier alpha value is -0.0400. The molecule has 0 aromatic carbocycles. The highest BCUT2D eigenvalue weighted by molar-refractivity contribution is 4.98. The van der Waals surface area contributed by atoms with Crippen molar-refractivity contribution in [2.45, 2.75) is 19.2 Å². The maximum atomic E-state index is 7.35. The van der Waals surface area contributed by atoms with Gasteiger partial charge in [-0.1, -0.05) is 6.40 Å². The molecule has 0 aromatic heterocycles. The van der Waals surface area contributed by atoms with Crippen molar-refractivity contribution in [3.63, 3.8) is 0 Å². The van der Waals surface area contributed by atoms with Crippen molar-refractivity contribution in [3.8, 4) is 0 Å². The second-order valence-electron chi connectivity index (χ2n) is 3.37. The van der Waals surface area contributed by atoms with Gasteiger partial charge in [0.05, 0.1) is 0 Å². The van der Waals surface area contributed by atoms with Crippen molar-refractivity contribution < 1.29 is 1.37 Å². The van der Waals surface area contributed by atoms with Crippen LogP contribution < -0.4 is 0 Å². The minimum absolute atomic E-state index is 0.277. The predicted octanol–water partition coefficient (Wildman–Crippen LogP) is 1.10. The van der Waals surface area contributed by atoms with Crippen LogP contribution in [0.25, 0.3) is 0 Å². The molecule has 1 spiro atoms. The van der Waals surface area contributed by atoms with Gasteiger partial charge in [0.25, 0.3) is 0 Å². The average molecular weight is 112 g/mol. The molecule has 0 N–H and O–H groups in total. The van der Waals surface area contributed by atoms with E-state index in [1.165, 1.54) is 13.1 Å². The highest BCUT2D eigenvalue weighted by atomic mass is 15.2. The van der Waals surface area contributed by atoms with Gasteiger partial charge in [-0.25, -0.2) is 0 Å². The van der Waals surface area contributed by atoms with Crippen LogP contribution in [0.5, 0.6) is 0 Å². The molecule has 1 saturated heterocycles. The third-order valence-electron chi connectivity index (χ3n) is 2.37. The predicted molar refractivity (Wildman–Crippen MR) is 33.8 cm³/mol. The summed E-state index contributed by atoms with van der Waals surface area (Å²) in [5, 5.41) is 0. The van der Waals surface area contributed by atoms with Crippen molar-refractivity contribution in [2.24, 2.45) is 5.41 Å². The van der Waals surface area contributed by atoms with E-state index in [0.717, 1.165) is 12.8 Å². The normalized spacial score (nSPS) is 38.4. The molecule has 1 heterocycles. The Morgan fingerprint density at radius 1 is 1.50 bits per heavy atom. The van der Waals surface area contributed by atoms with Gasteiger partial charge < -0.3 is 4.90 Å². The quantitative estimate of drug-likeness (QED) is 0.453. The monoisotopic (exact) mass is 112 g/mol. The van der Waals surface area contributed by atoms with Gasteiger partial charge in [0, 0.05) is 14.5 Å². The molecule has 46 valence electrons. The highest BCUT2D eigenvalue weighted by Crippen LogP contribution is 2.47. The molecule has 0 unspecified atom stereocenters. The van der Waals surface area contributed by atoms with Crippen LogP contribution in [-0.2, 0) is 0 Å². The summed E-state index contributed by atoms with van der Waals surface area (Å²) in [6.07, 6.45) is 2.60. The van der Waals surface area contributed by atoms with Crippen LogP contribution in [-0.4, -0.2) is 25.0 Å². The molecule has 1 aliphatic carbocycles. The maximum absolute atomic E-state index is 7.35. The van der Waals surface area contributed by atoms with E-state index >= 15 is 0 Å².